The Kier molecular flexibility index (Phi) is 2.61. The normalized spacial score (nSPS) is 37.8. The maximum atomic E-state index is 12.5. The lowest BCUT2D eigenvalue weighted by molar-refractivity contribution is 0.0624. The Morgan fingerprint density at radius 1 is 1.08 bits per heavy atom. The van der Waals surface area contributed by atoms with E-state index < -0.39 is 6.17 Å². The highest BCUT2D eigenvalue weighted by molar-refractivity contribution is 4.87. The average Bonchev–Trinajstić information content (AvgIpc) is 2.04. The Morgan fingerprint density at radius 3 is 2.33 bits per heavy atom. The Balaban J connectivity index is 1.65. The maximum Gasteiger partial charge on any atom is 0.103 e. The predicted octanol–water partition coefficient (Wildman–Crippen LogP) is 1.26. The van der Waals surface area contributed by atoms with E-state index in [1.165, 1.54) is 0 Å². The van der Waals surface area contributed by atoms with Gasteiger partial charge in [0.2, 0.25) is 0 Å². The van der Waals surface area contributed by atoms with Crippen molar-refractivity contribution in [2.24, 2.45) is 0 Å². The monoisotopic (exact) mass is 173 g/mol. The first-order chi connectivity index (χ1) is 5.84. The Labute approximate surface area is 72.5 Å². The van der Waals surface area contributed by atoms with Crippen LogP contribution in [0, 0.1) is 0 Å². The summed E-state index contributed by atoms with van der Waals surface area (Å²) in [7, 11) is 0. The van der Waals surface area contributed by atoms with Crippen molar-refractivity contribution < 1.29 is 9.13 Å². The summed E-state index contributed by atoms with van der Waals surface area (Å²) in [5.74, 6) is 0. The zero-order valence-corrected chi connectivity index (χ0v) is 7.26. The van der Waals surface area contributed by atoms with Gasteiger partial charge in [-0.15, -0.1) is 0 Å². The zero-order chi connectivity index (χ0) is 8.39. The molecule has 0 bridgehead atoms. The summed E-state index contributed by atoms with van der Waals surface area (Å²) in [5, 5.41) is 3.47. The van der Waals surface area contributed by atoms with Gasteiger partial charge in [0, 0.05) is 25.3 Å². The second kappa shape index (κ2) is 3.71. The topological polar surface area (TPSA) is 21.3 Å². The minimum atomic E-state index is -0.539. The van der Waals surface area contributed by atoms with Gasteiger partial charge in [-0.05, 0) is 25.7 Å². The van der Waals surface area contributed by atoms with Gasteiger partial charge < -0.3 is 10.1 Å². The molecule has 2 aliphatic rings. The molecule has 2 fully saturated rings. The molecule has 1 saturated carbocycles. The number of alkyl halides is 1. The summed E-state index contributed by atoms with van der Waals surface area (Å²) in [6, 6.07) is 1.03. The van der Waals surface area contributed by atoms with Gasteiger partial charge in [0.25, 0.3) is 0 Å². The SMILES string of the molecule is FC1CC(NC2CCOCC2)C1. The minimum absolute atomic E-state index is 0.447. The second-order valence-electron chi connectivity index (χ2n) is 3.82. The predicted molar refractivity (Wildman–Crippen MR) is 44.9 cm³/mol. The molecule has 1 aliphatic heterocycles. The van der Waals surface area contributed by atoms with Gasteiger partial charge in [0.15, 0.2) is 0 Å². The first-order valence-electron chi connectivity index (χ1n) is 4.82. The van der Waals surface area contributed by atoms with Gasteiger partial charge in [-0.3, -0.25) is 0 Å². The van der Waals surface area contributed by atoms with Gasteiger partial charge in [0.1, 0.15) is 6.17 Å². The Bertz CT molecular complexity index is 141. The Hall–Kier alpha value is -0.150. The quantitative estimate of drug-likeness (QED) is 0.678. The molecule has 1 saturated heterocycles. The molecule has 0 spiro atoms. The maximum absolute atomic E-state index is 12.5. The van der Waals surface area contributed by atoms with Crippen molar-refractivity contribution in [2.75, 3.05) is 13.2 Å². The standard InChI is InChI=1S/C9H16FNO/c10-7-5-9(6-7)11-8-1-3-12-4-2-8/h7-9,11H,1-6H2. The third kappa shape index (κ3) is 1.96. The summed E-state index contributed by atoms with van der Waals surface area (Å²) in [6.07, 6.45) is 3.08. The van der Waals surface area contributed by atoms with Gasteiger partial charge in [0.05, 0.1) is 0 Å². The molecular formula is C9H16FNO. The van der Waals surface area contributed by atoms with Gasteiger partial charge in [-0.1, -0.05) is 0 Å². The van der Waals surface area contributed by atoms with Crippen LogP contribution in [0.15, 0.2) is 0 Å². The molecule has 0 aromatic rings. The van der Waals surface area contributed by atoms with E-state index in [0.717, 1.165) is 38.9 Å². The highest BCUT2D eigenvalue weighted by atomic mass is 19.1. The van der Waals surface area contributed by atoms with E-state index in [0.29, 0.717) is 12.1 Å². The number of nitrogens with one attached hydrogen (secondary N) is 1. The van der Waals surface area contributed by atoms with Crippen molar-refractivity contribution in [3.8, 4) is 0 Å². The summed E-state index contributed by atoms with van der Waals surface area (Å²) < 4.78 is 17.7. The lowest BCUT2D eigenvalue weighted by atomic mass is 9.89. The molecule has 0 amide bonds. The molecule has 0 aromatic carbocycles. The fraction of sp³-hybridized carbons (Fsp3) is 1.00. The van der Waals surface area contributed by atoms with Gasteiger partial charge in [-0.25, -0.2) is 4.39 Å². The van der Waals surface area contributed by atoms with E-state index in [2.05, 4.69) is 5.32 Å². The van der Waals surface area contributed by atoms with Crippen LogP contribution < -0.4 is 5.32 Å². The molecule has 0 aromatic heterocycles. The van der Waals surface area contributed by atoms with Crippen LogP contribution in [0.25, 0.3) is 0 Å². The lowest BCUT2D eigenvalue weighted by Gasteiger charge is -2.35. The molecule has 1 N–H and O–H groups in total. The Morgan fingerprint density at radius 2 is 1.75 bits per heavy atom. The molecule has 0 radical (unpaired) electrons. The fourth-order valence-corrected chi connectivity index (χ4v) is 1.88. The van der Waals surface area contributed by atoms with Crippen molar-refractivity contribution in [1.82, 2.24) is 5.32 Å². The molecule has 2 rings (SSSR count). The van der Waals surface area contributed by atoms with Crippen LogP contribution >= 0.6 is 0 Å². The smallest absolute Gasteiger partial charge is 0.103 e. The summed E-state index contributed by atoms with van der Waals surface area (Å²) in [6.45, 7) is 1.73. The van der Waals surface area contributed by atoms with Gasteiger partial charge in [-0.2, -0.15) is 0 Å². The number of ether oxygens (including phenoxy) is 1. The second-order valence-corrected chi connectivity index (χ2v) is 3.82. The average molecular weight is 173 g/mol. The fourth-order valence-electron chi connectivity index (χ4n) is 1.88. The number of halogens is 1. The molecular weight excluding hydrogens is 157 g/mol. The largest absolute Gasteiger partial charge is 0.381 e. The highest BCUT2D eigenvalue weighted by Crippen LogP contribution is 2.24. The molecule has 0 unspecified atom stereocenters. The summed E-state index contributed by atoms with van der Waals surface area (Å²) in [4.78, 5) is 0. The number of hydrogen-bond acceptors (Lipinski definition) is 2. The highest BCUT2D eigenvalue weighted by Gasteiger charge is 2.30. The first-order valence-corrected chi connectivity index (χ1v) is 4.82. The van der Waals surface area contributed by atoms with E-state index >= 15 is 0 Å². The van der Waals surface area contributed by atoms with Gasteiger partial charge >= 0.3 is 0 Å². The van der Waals surface area contributed by atoms with Crippen LogP contribution in [0.2, 0.25) is 0 Å². The number of hydrogen-bond donors (Lipinski definition) is 1. The van der Waals surface area contributed by atoms with E-state index in [1.54, 1.807) is 0 Å². The number of rotatable bonds is 2. The molecule has 2 nitrogen and oxygen atoms in total. The van der Waals surface area contributed by atoms with Crippen molar-refractivity contribution in [1.29, 1.82) is 0 Å². The van der Waals surface area contributed by atoms with Crippen molar-refractivity contribution in [3.05, 3.63) is 0 Å². The molecule has 1 heterocycles. The molecule has 12 heavy (non-hydrogen) atoms. The molecule has 3 heteroatoms. The van der Waals surface area contributed by atoms with Crippen LogP contribution in [0.1, 0.15) is 25.7 Å². The van der Waals surface area contributed by atoms with Crippen LogP contribution in [-0.4, -0.2) is 31.5 Å². The third-order valence-corrected chi connectivity index (χ3v) is 2.77. The van der Waals surface area contributed by atoms with E-state index in [4.69, 9.17) is 4.74 Å². The van der Waals surface area contributed by atoms with Crippen molar-refractivity contribution >= 4 is 0 Å². The molecule has 0 atom stereocenters. The first kappa shape index (κ1) is 8.45. The van der Waals surface area contributed by atoms with E-state index in [-0.39, 0.29) is 0 Å². The third-order valence-electron chi connectivity index (χ3n) is 2.77. The summed E-state index contributed by atoms with van der Waals surface area (Å²) in [5.41, 5.74) is 0. The summed E-state index contributed by atoms with van der Waals surface area (Å²) >= 11 is 0. The van der Waals surface area contributed by atoms with Crippen LogP contribution in [-0.2, 0) is 4.74 Å². The van der Waals surface area contributed by atoms with Crippen LogP contribution in [0.5, 0.6) is 0 Å². The molecule has 70 valence electrons. The van der Waals surface area contributed by atoms with E-state index in [1.807, 2.05) is 0 Å². The lowest BCUT2D eigenvalue weighted by Crippen LogP contribution is -2.48. The van der Waals surface area contributed by atoms with Crippen LogP contribution in [0.4, 0.5) is 4.39 Å². The van der Waals surface area contributed by atoms with Crippen molar-refractivity contribution in [2.45, 2.75) is 43.9 Å². The van der Waals surface area contributed by atoms with Crippen molar-refractivity contribution in [3.63, 3.8) is 0 Å². The zero-order valence-electron chi connectivity index (χ0n) is 7.26. The molecule has 1 aliphatic carbocycles. The minimum Gasteiger partial charge on any atom is -0.381 e. The van der Waals surface area contributed by atoms with E-state index in [9.17, 15) is 4.39 Å². The van der Waals surface area contributed by atoms with Crippen LogP contribution in [0.3, 0.4) is 0 Å².